The number of hydrogen-bond acceptors (Lipinski definition) is 4. The first-order valence-corrected chi connectivity index (χ1v) is 11.6. The summed E-state index contributed by atoms with van der Waals surface area (Å²) in [6, 6.07) is 13.8. The van der Waals surface area contributed by atoms with Crippen LogP contribution in [0, 0.1) is 0 Å². The molecule has 0 atom stereocenters. The van der Waals surface area contributed by atoms with E-state index in [0.29, 0.717) is 10.7 Å². The molecule has 0 fully saturated rings. The summed E-state index contributed by atoms with van der Waals surface area (Å²) in [6.07, 6.45) is 8.62. The van der Waals surface area contributed by atoms with Crippen molar-refractivity contribution >= 4 is 34.7 Å². The zero-order chi connectivity index (χ0) is 21.3. The van der Waals surface area contributed by atoms with E-state index >= 15 is 0 Å². The number of aromatic nitrogens is 2. The lowest BCUT2D eigenvalue weighted by Crippen LogP contribution is -2.17. The summed E-state index contributed by atoms with van der Waals surface area (Å²) in [5, 5.41) is 10.1. The molecule has 0 aliphatic heterocycles. The van der Waals surface area contributed by atoms with Crippen LogP contribution in [0.3, 0.4) is 0 Å². The number of benzene rings is 2. The van der Waals surface area contributed by atoms with Crippen molar-refractivity contribution in [2.75, 3.05) is 5.75 Å². The van der Waals surface area contributed by atoms with E-state index in [0.717, 1.165) is 17.7 Å². The number of carbonyl (C=O) groups excluding carboxylic acids is 1. The van der Waals surface area contributed by atoms with Crippen molar-refractivity contribution in [2.45, 2.75) is 57.0 Å². The third-order valence-electron chi connectivity index (χ3n) is 5.10. The van der Waals surface area contributed by atoms with Crippen LogP contribution in [0.25, 0.3) is 11.0 Å². The van der Waals surface area contributed by atoms with Gasteiger partial charge in [0, 0.05) is 5.75 Å². The normalized spacial score (nSPS) is 11.1. The lowest BCUT2D eigenvalue weighted by Gasteiger charge is -2.10. The second-order valence-corrected chi connectivity index (χ2v) is 8.41. The first-order chi connectivity index (χ1) is 14.6. The Morgan fingerprint density at radius 1 is 0.900 bits per heavy atom. The SMILES string of the molecule is CCCCCCCCCSc1nc2ccccc2n1C(=O)c1ccccc1C(=O)O. The molecule has 0 bridgehead atoms. The molecular formula is C24H28N2O3S. The molecule has 3 aromatic rings. The van der Waals surface area contributed by atoms with Crippen LogP contribution in [0.2, 0.25) is 0 Å². The number of unbranched alkanes of at least 4 members (excludes halogenated alkanes) is 6. The Balaban J connectivity index is 1.77. The molecule has 1 heterocycles. The monoisotopic (exact) mass is 424 g/mol. The Morgan fingerprint density at radius 3 is 2.27 bits per heavy atom. The topological polar surface area (TPSA) is 72.2 Å². The maximum Gasteiger partial charge on any atom is 0.336 e. The van der Waals surface area contributed by atoms with Gasteiger partial charge < -0.3 is 5.11 Å². The first-order valence-electron chi connectivity index (χ1n) is 10.6. The van der Waals surface area contributed by atoms with E-state index in [1.165, 1.54) is 44.6 Å². The van der Waals surface area contributed by atoms with Gasteiger partial charge in [-0.3, -0.25) is 9.36 Å². The van der Waals surface area contributed by atoms with Crippen LogP contribution < -0.4 is 0 Å². The van der Waals surface area contributed by atoms with Crippen molar-refractivity contribution in [3.63, 3.8) is 0 Å². The first kappa shape index (κ1) is 22.1. The smallest absolute Gasteiger partial charge is 0.336 e. The Bertz CT molecular complexity index is 1010. The number of carbonyl (C=O) groups is 2. The number of fused-ring (bicyclic) bond motifs is 1. The largest absolute Gasteiger partial charge is 0.478 e. The standard InChI is InChI=1S/C24H28N2O3S/c1-2-3-4-5-6-7-12-17-30-24-25-20-15-10-11-16-21(20)26(24)22(27)18-13-8-9-14-19(18)23(28)29/h8-11,13-16H,2-7,12,17H2,1H3,(H,28,29). The minimum absolute atomic E-state index is 0.00307. The van der Waals surface area contributed by atoms with Gasteiger partial charge in [0.05, 0.1) is 22.2 Å². The molecule has 6 heteroatoms. The molecule has 5 nitrogen and oxygen atoms in total. The molecule has 0 amide bonds. The number of imidazole rings is 1. The molecule has 30 heavy (non-hydrogen) atoms. The van der Waals surface area contributed by atoms with Crippen LogP contribution in [-0.4, -0.2) is 32.3 Å². The van der Waals surface area contributed by atoms with Crippen molar-refractivity contribution in [3.8, 4) is 0 Å². The summed E-state index contributed by atoms with van der Waals surface area (Å²) in [4.78, 5) is 29.6. The Labute approximate surface area is 181 Å². The lowest BCUT2D eigenvalue weighted by molar-refractivity contribution is 0.0691. The van der Waals surface area contributed by atoms with E-state index in [1.807, 2.05) is 24.3 Å². The van der Waals surface area contributed by atoms with Crippen molar-refractivity contribution in [1.82, 2.24) is 9.55 Å². The molecule has 0 spiro atoms. The molecular weight excluding hydrogens is 396 g/mol. The molecule has 2 aromatic carbocycles. The fourth-order valence-corrected chi connectivity index (χ4v) is 4.50. The molecule has 0 aliphatic rings. The Kier molecular flexibility index (Phi) is 8.08. The highest BCUT2D eigenvalue weighted by atomic mass is 32.2. The van der Waals surface area contributed by atoms with Gasteiger partial charge in [0.2, 0.25) is 0 Å². The minimum Gasteiger partial charge on any atom is -0.478 e. The molecule has 3 rings (SSSR count). The Morgan fingerprint density at radius 2 is 1.53 bits per heavy atom. The molecule has 0 radical (unpaired) electrons. The number of nitrogens with zero attached hydrogens (tertiary/aromatic N) is 2. The van der Waals surface area contributed by atoms with Gasteiger partial charge in [0.15, 0.2) is 5.16 Å². The van der Waals surface area contributed by atoms with Crippen LogP contribution in [0.5, 0.6) is 0 Å². The molecule has 0 unspecified atom stereocenters. The highest BCUT2D eigenvalue weighted by Gasteiger charge is 2.22. The number of carboxylic acids is 1. The van der Waals surface area contributed by atoms with Crippen molar-refractivity contribution in [3.05, 3.63) is 59.7 Å². The molecule has 0 saturated heterocycles. The van der Waals surface area contributed by atoms with E-state index in [-0.39, 0.29) is 17.0 Å². The summed E-state index contributed by atoms with van der Waals surface area (Å²) in [7, 11) is 0. The predicted octanol–water partition coefficient (Wildman–Crippen LogP) is 6.27. The number of thioether (sulfide) groups is 1. The van der Waals surface area contributed by atoms with Crippen molar-refractivity contribution in [1.29, 1.82) is 0 Å². The quantitative estimate of drug-likeness (QED) is 0.290. The van der Waals surface area contributed by atoms with E-state index in [9.17, 15) is 14.7 Å². The number of para-hydroxylation sites is 2. The van der Waals surface area contributed by atoms with Crippen LogP contribution >= 0.6 is 11.8 Å². The summed E-state index contributed by atoms with van der Waals surface area (Å²) in [5.74, 6) is -0.588. The third-order valence-corrected chi connectivity index (χ3v) is 6.12. The zero-order valence-electron chi connectivity index (χ0n) is 17.3. The molecule has 1 N–H and O–H groups in total. The lowest BCUT2D eigenvalue weighted by atomic mass is 10.1. The molecule has 158 valence electrons. The van der Waals surface area contributed by atoms with Crippen LogP contribution in [0.15, 0.2) is 53.7 Å². The second-order valence-electron chi connectivity index (χ2n) is 7.34. The van der Waals surface area contributed by atoms with Crippen LogP contribution in [-0.2, 0) is 0 Å². The minimum atomic E-state index is -1.11. The van der Waals surface area contributed by atoms with Crippen LogP contribution in [0.4, 0.5) is 0 Å². The maximum atomic E-state index is 13.3. The Hall–Kier alpha value is -2.60. The van der Waals surface area contributed by atoms with Gasteiger partial charge >= 0.3 is 5.97 Å². The van der Waals surface area contributed by atoms with Gasteiger partial charge in [-0.1, -0.05) is 81.5 Å². The summed E-state index contributed by atoms with van der Waals surface area (Å²) < 4.78 is 1.56. The third kappa shape index (κ3) is 5.30. The number of rotatable bonds is 11. The van der Waals surface area contributed by atoms with Gasteiger partial charge in [-0.05, 0) is 30.7 Å². The summed E-state index contributed by atoms with van der Waals surface area (Å²) >= 11 is 1.56. The van der Waals surface area contributed by atoms with E-state index in [1.54, 1.807) is 34.5 Å². The predicted molar refractivity (Wildman–Crippen MR) is 122 cm³/mol. The summed E-state index contributed by atoms with van der Waals surface area (Å²) in [5.41, 5.74) is 1.61. The van der Waals surface area contributed by atoms with Gasteiger partial charge in [-0.15, -0.1) is 0 Å². The molecule has 0 saturated carbocycles. The average Bonchev–Trinajstić information content (AvgIpc) is 3.13. The maximum absolute atomic E-state index is 13.3. The van der Waals surface area contributed by atoms with E-state index in [2.05, 4.69) is 11.9 Å². The molecule has 0 aliphatic carbocycles. The summed E-state index contributed by atoms with van der Waals surface area (Å²) in [6.45, 7) is 2.22. The highest BCUT2D eigenvalue weighted by Crippen LogP contribution is 2.27. The van der Waals surface area contributed by atoms with Gasteiger partial charge in [-0.2, -0.15) is 0 Å². The second kappa shape index (κ2) is 11.0. The fourth-order valence-electron chi connectivity index (χ4n) is 3.50. The number of carboxylic acid groups (broad SMARTS) is 1. The zero-order valence-corrected chi connectivity index (χ0v) is 18.2. The molecule has 1 aromatic heterocycles. The van der Waals surface area contributed by atoms with Crippen LogP contribution in [0.1, 0.15) is 72.6 Å². The number of aromatic carboxylic acids is 1. The van der Waals surface area contributed by atoms with Gasteiger partial charge in [-0.25, -0.2) is 9.78 Å². The number of hydrogen-bond donors (Lipinski definition) is 1. The average molecular weight is 425 g/mol. The van der Waals surface area contributed by atoms with Crippen molar-refractivity contribution in [2.24, 2.45) is 0 Å². The van der Waals surface area contributed by atoms with Gasteiger partial charge in [0.25, 0.3) is 5.91 Å². The fraction of sp³-hybridized carbons (Fsp3) is 0.375. The van der Waals surface area contributed by atoms with E-state index in [4.69, 9.17) is 0 Å². The van der Waals surface area contributed by atoms with Gasteiger partial charge in [0.1, 0.15) is 0 Å². The van der Waals surface area contributed by atoms with E-state index < -0.39 is 5.97 Å². The van der Waals surface area contributed by atoms with Crippen molar-refractivity contribution < 1.29 is 14.7 Å². The highest BCUT2D eigenvalue weighted by molar-refractivity contribution is 7.99.